The molecular weight excluding hydrogens is 382 g/mol. The molecule has 2 aliphatic heterocycles. The number of aryl methyl sites for hydroxylation is 1. The quantitative estimate of drug-likeness (QED) is 0.394. The molecule has 0 aliphatic carbocycles. The number of benzene rings is 1. The Bertz CT molecular complexity index is 609. The highest BCUT2D eigenvalue weighted by atomic mass is 32.2. The van der Waals surface area contributed by atoms with E-state index in [2.05, 4.69) is 46.4 Å². The molecule has 1 aromatic rings. The summed E-state index contributed by atoms with van der Waals surface area (Å²) in [5, 5.41) is 3.53. The number of hydrogen-bond donors (Lipinski definition) is 1. The topological polar surface area (TPSA) is 46.1 Å². The zero-order valence-corrected chi connectivity index (χ0v) is 18.9. The molecule has 2 fully saturated rings. The van der Waals surface area contributed by atoms with E-state index in [9.17, 15) is 0 Å². The van der Waals surface area contributed by atoms with Crippen LogP contribution in [0, 0.1) is 6.92 Å². The number of hydrogen-bond acceptors (Lipinski definition) is 4. The van der Waals surface area contributed by atoms with E-state index >= 15 is 0 Å². The zero-order chi connectivity index (χ0) is 20.3. The Labute approximate surface area is 180 Å². The van der Waals surface area contributed by atoms with E-state index in [0.717, 1.165) is 69.6 Å². The van der Waals surface area contributed by atoms with Crippen LogP contribution in [0.5, 0.6) is 0 Å². The Morgan fingerprint density at radius 2 is 2.00 bits per heavy atom. The van der Waals surface area contributed by atoms with Crippen LogP contribution in [0.3, 0.4) is 0 Å². The van der Waals surface area contributed by atoms with Crippen molar-refractivity contribution in [2.45, 2.75) is 57.0 Å². The molecule has 2 aliphatic rings. The average Bonchev–Trinajstić information content (AvgIpc) is 2.77. The summed E-state index contributed by atoms with van der Waals surface area (Å²) in [6.45, 7) is 6.75. The van der Waals surface area contributed by atoms with Crippen molar-refractivity contribution in [3.05, 3.63) is 35.4 Å². The van der Waals surface area contributed by atoms with Crippen molar-refractivity contribution >= 4 is 17.7 Å². The number of nitrogens with one attached hydrogen (secondary N) is 1. The van der Waals surface area contributed by atoms with Gasteiger partial charge in [-0.15, -0.1) is 0 Å². The van der Waals surface area contributed by atoms with Gasteiger partial charge in [0.2, 0.25) is 0 Å². The minimum atomic E-state index is 0.314. The van der Waals surface area contributed by atoms with Crippen molar-refractivity contribution in [1.29, 1.82) is 0 Å². The first-order chi connectivity index (χ1) is 14.2. The van der Waals surface area contributed by atoms with Crippen LogP contribution in [-0.4, -0.2) is 68.7 Å². The first kappa shape index (κ1) is 22.4. The predicted molar refractivity (Wildman–Crippen MR) is 123 cm³/mol. The number of guanidine groups is 1. The fraction of sp³-hybridized carbons (Fsp3) is 0.696. The molecule has 3 rings (SSSR count). The maximum absolute atomic E-state index is 6.13. The van der Waals surface area contributed by atoms with Crippen LogP contribution in [0.15, 0.2) is 29.3 Å². The highest BCUT2D eigenvalue weighted by Gasteiger charge is 2.23. The standard InChI is InChI=1S/C23H37N3O2S/c1-19-6-8-20(9-7-19)18-29-16-12-25-23(24-2)26-13-10-21(11-14-26)28-17-22-5-3-4-15-27-22/h6-9,21-22H,3-5,10-18H2,1-2H3,(H,24,25). The maximum Gasteiger partial charge on any atom is 0.193 e. The molecule has 0 radical (unpaired) electrons. The molecule has 5 nitrogen and oxygen atoms in total. The van der Waals surface area contributed by atoms with E-state index in [-0.39, 0.29) is 0 Å². The molecule has 2 heterocycles. The molecule has 6 heteroatoms. The van der Waals surface area contributed by atoms with Gasteiger partial charge in [-0.3, -0.25) is 4.99 Å². The third-order valence-corrected chi connectivity index (χ3v) is 6.69. The van der Waals surface area contributed by atoms with Gasteiger partial charge < -0.3 is 19.7 Å². The van der Waals surface area contributed by atoms with E-state index in [1.165, 1.54) is 24.0 Å². The van der Waals surface area contributed by atoms with Crippen LogP contribution in [0.25, 0.3) is 0 Å². The molecule has 1 atom stereocenters. The van der Waals surface area contributed by atoms with Crippen LogP contribution < -0.4 is 5.32 Å². The van der Waals surface area contributed by atoms with Crippen molar-refractivity contribution in [3.8, 4) is 0 Å². The summed E-state index contributed by atoms with van der Waals surface area (Å²) >= 11 is 1.96. The highest BCUT2D eigenvalue weighted by molar-refractivity contribution is 7.98. The smallest absolute Gasteiger partial charge is 0.193 e. The third-order valence-electron chi connectivity index (χ3n) is 5.66. The molecular formula is C23H37N3O2S. The molecule has 0 saturated carbocycles. The number of piperidine rings is 1. The van der Waals surface area contributed by atoms with Crippen molar-refractivity contribution in [2.75, 3.05) is 45.6 Å². The summed E-state index contributed by atoms with van der Waals surface area (Å²) in [5.41, 5.74) is 2.71. The fourth-order valence-electron chi connectivity index (χ4n) is 3.86. The number of thioether (sulfide) groups is 1. The first-order valence-electron chi connectivity index (χ1n) is 11.1. The zero-order valence-electron chi connectivity index (χ0n) is 18.1. The van der Waals surface area contributed by atoms with E-state index in [4.69, 9.17) is 9.47 Å². The van der Waals surface area contributed by atoms with Crippen LogP contribution in [0.2, 0.25) is 0 Å². The number of ether oxygens (including phenoxy) is 2. The van der Waals surface area contributed by atoms with Gasteiger partial charge in [0, 0.05) is 44.8 Å². The first-order valence-corrected chi connectivity index (χ1v) is 12.2. The molecule has 1 unspecified atom stereocenters. The normalized spacial score (nSPS) is 21.4. The molecule has 0 amide bonds. The second-order valence-electron chi connectivity index (χ2n) is 8.02. The van der Waals surface area contributed by atoms with E-state index in [1.54, 1.807) is 0 Å². The number of likely N-dealkylation sites (tertiary alicyclic amines) is 1. The number of nitrogens with zero attached hydrogens (tertiary/aromatic N) is 2. The Hall–Kier alpha value is -1.24. The van der Waals surface area contributed by atoms with Crippen LogP contribution in [0.4, 0.5) is 0 Å². The summed E-state index contributed by atoms with van der Waals surface area (Å²) in [7, 11) is 1.88. The van der Waals surface area contributed by atoms with E-state index < -0.39 is 0 Å². The second kappa shape index (κ2) is 12.5. The minimum absolute atomic E-state index is 0.314. The number of rotatable bonds is 8. The number of aliphatic imine (C=N–C) groups is 1. The van der Waals surface area contributed by atoms with Crippen molar-refractivity contribution in [2.24, 2.45) is 4.99 Å². The molecule has 1 N–H and O–H groups in total. The third kappa shape index (κ3) is 7.83. The largest absolute Gasteiger partial charge is 0.376 e. The lowest BCUT2D eigenvalue weighted by Gasteiger charge is -2.35. The van der Waals surface area contributed by atoms with Gasteiger partial charge in [-0.2, -0.15) is 11.8 Å². The van der Waals surface area contributed by atoms with E-state index in [0.29, 0.717) is 12.2 Å². The van der Waals surface area contributed by atoms with Gasteiger partial charge in [0.15, 0.2) is 5.96 Å². The Morgan fingerprint density at radius 1 is 1.21 bits per heavy atom. The SMILES string of the molecule is CN=C(NCCSCc1ccc(C)cc1)N1CCC(OCC2CCCCO2)CC1. The Morgan fingerprint density at radius 3 is 2.69 bits per heavy atom. The summed E-state index contributed by atoms with van der Waals surface area (Å²) in [6.07, 6.45) is 6.43. The van der Waals surface area contributed by atoms with Crippen molar-refractivity contribution < 1.29 is 9.47 Å². The summed E-state index contributed by atoms with van der Waals surface area (Å²) in [5.74, 6) is 3.16. The van der Waals surface area contributed by atoms with Gasteiger partial charge in [0.05, 0.1) is 18.8 Å². The summed E-state index contributed by atoms with van der Waals surface area (Å²) in [4.78, 5) is 6.85. The second-order valence-corrected chi connectivity index (χ2v) is 9.13. The molecule has 2 saturated heterocycles. The van der Waals surface area contributed by atoms with Gasteiger partial charge in [0.1, 0.15) is 0 Å². The van der Waals surface area contributed by atoms with Crippen LogP contribution >= 0.6 is 11.8 Å². The Balaban J connectivity index is 1.28. The lowest BCUT2D eigenvalue weighted by atomic mass is 10.1. The van der Waals surface area contributed by atoms with Gasteiger partial charge in [-0.1, -0.05) is 29.8 Å². The van der Waals surface area contributed by atoms with Gasteiger partial charge in [-0.25, -0.2) is 0 Å². The predicted octanol–water partition coefficient (Wildman–Crippen LogP) is 3.85. The molecule has 0 bridgehead atoms. The van der Waals surface area contributed by atoms with E-state index in [1.807, 2.05) is 18.8 Å². The molecule has 0 aromatic heterocycles. The molecule has 1 aromatic carbocycles. The minimum Gasteiger partial charge on any atom is -0.376 e. The molecule has 0 spiro atoms. The van der Waals surface area contributed by atoms with Gasteiger partial charge in [-0.05, 0) is 44.6 Å². The van der Waals surface area contributed by atoms with Crippen LogP contribution in [-0.2, 0) is 15.2 Å². The van der Waals surface area contributed by atoms with Crippen molar-refractivity contribution in [3.63, 3.8) is 0 Å². The van der Waals surface area contributed by atoms with Crippen LogP contribution in [0.1, 0.15) is 43.2 Å². The van der Waals surface area contributed by atoms with Crippen molar-refractivity contribution in [1.82, 2.24) is 10.2 Å². The summed E-state index contributed by atoms with van der Waals surface area (Å²) in [6, 6.07) is 8.82. The van der Waals surface area contributed by atoms with Gasteiger partial charge >= 0.3 is 0 Å². The lowest BCUT2D eigenvalue weighted by Crippen LogP contribution is -2.47. The average molecular weight is 420 g/mol. The molecule has 29 heavy (non-hydrogen) atoms. The fourth-order valence-corrected chi connectivity index (χ4v) is 4.68. The summed E-state index contributed by atoms with van der Waals surface area (Å²) < 4.78 is 11.9. The maximum atomic E-state index is 6.13. The highest BCUT2D eigenvalue weighted by Crippen LogP contribution is 2.18. The molecule has 162 valence electrons. The Kier molecular flexibility index (Phi) is 9.64. The monoisotopic (exact) mass is 419 g/mol. The lowest BCUT2D eigenvalue weighted by molar-refractivity contribution is -0.0721. The van der Waals surface area contributed by atoms with Gasteiger partial charge in [0.25, 0.3) is 0 Å².